The third-order valence-corrected chi connectivity index (χ3v) is 10.1. The highest BCUT2D eigenvalue weighted by molar-refractivity contribution is 7.22. The van der Waals surface area contributed by atoms with Crippen LogP contribution >= 0.6 is 11.3 Å². The molecule has 12 nitrogen and oxygen atoms in total. The molecule has 3 aromatic carbocycles. The monoisotopic (exact) mass is 723 g/mol. The fourth-order valence-corrected chi connectivity index (χ4v) is 7.53. The molecule has 0 unspecified atom stereocenters. The smallest absolute Gasteiger partial charge is 0.332 e. The van der Waals surface area contributed by atoms with Gasteiger partial charge in [0.25, 0.3) is 0 Å². The number of nitrogen functional groups attached to an aromatic ring is 1. The number of piperazine rings is 1. The predicted octanol–water partition coefficient (Wildman–Crippen LogP) is 5.19. The Labute approximate surface area is 307 Å². The first kappa shape index (κ1) is 36.5. The second kappa shape index (κ2) is 16.4. The van der Waals surface area contributed by atoms with E-state index in [9.17, 15) is 19.2 Å². The van der Waals surface area contributed by atoms with E-state index in [-0.39, 0.29) is 56.5 Å². The maximum atomic E-state index is 14.4. The number of benzene rings is 3. The van der Waals surface area contributed by atoms with Gasteiger partial charge in [0.05, 0.1) is 23.3 Å². The number of ether oxygens (including phenoxy) is 1. The zero-order valence-corrected chi connectivity index (χ0v) is 30.6. The van der Waals surface area contributed by atoms with Crippen LogP contribution in [-0.4, -0.2) is 86.5 Å². The summed E-state index contributed by atoms with van der Waals surface area (Å²) in [6, 6.07) is 21.5. The predicted molar refractivity (Wildman–Crippen MR) is 201 cm³/mol. The first-order chi connectivity index (χ1) is 25.1. The minimum absolute atomic E-state index is 0.0238. The SMILES string of the molecule is CCCCNC(=O)N(C(C)C)N1CC(=O)N2[C@@H](Cc3ccc(/C=C\C(=O)OCc4ccccc4)cc3)C(=O)N(Cc3cccc4sc(N)nc34)C[C@@H]21. The molecule has 2 atom stereocenters. The molecule has 0 spiro atoms. The van der Waals surface area contributed by atoms with Crippen molar-refractivity contribution in [2.75, 3.05) is 25.4 Å². The molecule has 1 aromatic heterocycles. The van der Waals surface area contributed by atoms with Gasteiger partial charge in [0.15, 0.2) is 5.13 Å². The maximum absolute atomic E-state index is 14.4. The van der Waals surface area contributed by atoms with Crippen molar-refractivity contribution >= 4 is 56.6 Å². The molecule has 52 heavy (non-hydrogen) atoms. The number of nitrogens with two attached hydrogens (primary N) is 1. The van der Waals surface area contributed by atoms with E-state index >= 15 is 0 Å². The number of anilines is 1. The summed E-state index contributed by atoms with van der Waals surface area (Å²) < 4.78 is 6.28. The van der Waals surface area contributed by atoms with Crippen molar-refractivity contribution in [3.05, 3.63) is 101 Å². The van der Waals surface area contributed by atoms with Gasteiger partial charge in [-0.2, -0.15) is 5.01 Å². The van der Waals surface area contributed by atoms with Gasteiger partial charge in [-0.05, 0) is 54.7 Å². The van der Waals surface area contributed by atoms with Crippen molar-refractivity contribution in [1.82, 2.24) is 30.1 Å². The second-order valence-electron chi connectivity index (χ2n) is 13.3. The third-order valence-electron chi connectivity index (χ3n) is 9.27. The number of hydrogen-bond acceptors (Lipinski definition) is 9. The Morgan fingerprint density at radius 2 is 1.83 bits per heavy atom. The first-order valence-electron chi connectivity index (χ1n) is 17.7. The van der Waals surface area contributed by atoms with E-state index < -0.39 is 18.2 Å². The Kier molecular flexibility index (Phi) is 11.5. The normalized spacial score (nSPS) is 17.7. The van der Waals surface area contributed by atoms with Crippen LogP contribution in [0.4, 0.5) is 9.93 Å². The van der Waals surface area contributed by atoms with Crippen LogP contribution in [0.2, 0.25) is 0 Å². The molecular formula is C39H45N7O5S. The molecule has 2 aliphatic rings. The summed E-state index contributed by atoms with van der Waals surface area (Å²) in [5, 5.41) is 6.89. The average Bonchev–Trinajstić information content (AvgIpc) is 3.67. The number of carbonyl (C=O) groups is 4. The van der Waals surface area contributed by atoms with Gasteiger partial charge < -0.3 is 25.6 Å². The molecule has 4 amide bonds. The quantitative estimate of drug-likeness (QED) is 0.109. The average molecular weight is 724 g/mol. The summed E-state index contributed by atoms with van der Waals surface area (Å²) in [7, 11) is 0. The van der Waals surface area contributed by atoms with Gasteiger partial charge >= 0.3 is 12.0 Å². The Hall–Kier alpha value is -5.27. The van der Waals surface area contributed by atoms with E-state index in [0.29, 0.717) is 11.7 Å². The first-order valence-corrected chi connectivity index (χ1v) is 18.5. The van der Waals surface area contributed by atoms with Crippen molar-refractivity contribution in [3.8, 4) is 0 Å². The molecule has 2 fully saturated rings. The van der Waals surface area contributed by atoms with Gasteiger partial charge in [0.2, 0.25) is 11.8 Å². The van der Waals surface area contributed by atoms with Crippen LogP contribution in [0.1, 0.15) is 55.9 Å². The molecule has 0 radical (unpaired) electrons. The van der Waals surface area contributed by atoms with E-state index in [4.69, 9.17) is 10.5 Å². The number of para-hydroxylation sites is 1. The number of nitrogens with zero attached hydrogens (tertiary/aromatic N) is 5. The minimum atomic E-state index is -0.803. The topological polar surface area (TPSA) is 141 Å². The van der Waals surface area contributed by atoms with Crippen LogP contribution < -0.4 is 11.1 Å². The Balaban J connectivity index is 1.24. The zero-order valence-electron chi connectivity index (χ0n) is 29.7. The lowest BCUT2D eigenvalue weighted by atomic mass is 9.99. The minimum Gasteiger partial charge on any atom is -0.458 e. The number of amides is 4. The number of carbonyl (C=O) groups excluding carboxylic acids is 4. The lowest BCUT2D eigenvalue weighted by molar-refractivity contribution is -0.158. The van der Waals surface area contributed by atoms with E-state index in [1.165, 1.54) is 17.4 Å². The zero-order chi connectivity index (χ0) is 36.8. The molecule has 0 bridgehead atoms. The van der Waals surface area contributed by atoms with Crippen LogP contribution in [0.15, 0.2) is 78.9 Å². The van der Waals surface area contributed by atoms with Gasteiger partial charge in [-0.25, -0.2) is 14.6 Å². The molecule has 13 heteroatoms. The van der Waals surface area contributed by atoms with E-state index in [2.05, 4.69) is 17.2 Å². The Morgan fingerprint density at radius 3 is 2.56 bits per heavy atom. The van der Waals surface area contributed by atoms with Gasteiger partial charge in [-0.15, -0.1) is 0 Å². The number of hydrazine groups is 1. The van der Waals surface area contributed by atoms with Crippen LogP contribution in [0.5, 0.6) is 0 Å². The van der Waals surface area contributed by atoms with E-state index in [0.717, 1.165) is 45.3 Å². The van der Waals surface area contributed by atoms with E-state index in [1.54, 1.807) is 20.9 Å². The maximum Gasteiger partial charge on any atom is 0.332 e. The highest BCUT2D eigenvalue weighted by atomic mass is 32.1. The summed E-state index contributed by atoms with van der Waals surface area (Å²) in [6.07, 6.45) is 4.56. The summed E-state index contributed by atoms with van der Waals surface area (Å²) in [5.41, 5.74) is 10.2. The molecule has 272 valence electrons. The number of aromatic nitrogens is 1. The molecule has 2 aliphatic heterocycles. The van der Waals surface area contributed by atoms with Crippen LogP contribution in [-0.2, 0) is 38.7 Å². The van der Waals surface area contributed by atoms with Crippen molar-refractivity contribution in [3.63, 3.8) is 0 Å². The van der Waals surface area contributed by atoms with E-state index in [1.807, 2.05) is 91.7 Å². The fraction of sp³-hybridized carbons (Fsp3) is 0.359. The summed E-state index contributed by atoms with van der Waals surface area (Å²) >= 11 is 1.39. The molecule has 6 rings (SSSR count). The van der Waals surface area contributed by atoms with Crippen molar-refractivity contribution < 1.29 is 23.9 Å². The molecular weight excluding hydrogens is 679 g/mol. The molecule has 4 aromatic rings. The summed E-state index contributed by atoms with van der Waals surface area (Å²) in [6.45, 7) is 7.08. The number of unbranched alkanes of at least 4 members (excludes halogenated alkanes) is 1. The molecule has 3 N–H and O–H groups in total. The van der Waals surface area contributed by atoms with Crippen molar-refractivity contribution in [1.29, 1.82) is 0 Å². The lowest BCUT2D eigenvalue weighted by Gasteiger charge is -2.47. The highest BCUT2D eigenvalue weighted by Crippen LogP contribution is 2.33. The lowest BCUT2D eigenvalue weighted by Crippen LogP contribution is -2.66. The number of nitrogens with one attached hydrogen (secondary N) is 1. The Bertz CT molecular complexity index is 1930. The number of hydrogen-bond donors (Lipinski definition) is 2. The number of urea groups is 1. The second-order valence-corrected chi connectivity index (χ2v) is 14.4. The molecule has 0 saturated carbocycles. The van der Waals surface area contributed by atoms with Gasteiger partial charge in [0.1, 0.15) is 18.8 Å². The number of thiazole rings is 1. The third kappa shape index (κ3) is 8.27. The van der Waals surface area contributed by atoms with Gasteiger partial charge in [-0.3, -0.25) is 14.6 Å². The summed E-state index contributed by atoms with van der Waals surface area (Å²) in [4.78, 5) is 62.1. The number of rotatable bonds is 13. The van der Waals surface area contributed by atoms with Crippen LogP contribution in [0.25, 0.3) is 16.3 Å². The van der Waals surface area contributed by atoms with Crippen LogP contribution in [0.3, 0.4) is 0 Å². The van der Waals surface area contributed by atoms with Crippen molar-refractivity contribution in [2.24, 2.45) is 0 Å². The van der Waals surface area contributed by atoms with Gasteiger partial charge in [0, 0.05) is 31.6 Å². The fourth-order valence-electron chi connectivity index (χ4n) is 6.75. The summed E-state index contributed by atoms with van der Waals surface area (Å²) in [5.74, 6) is -0.840. The molecule has 2 saturated heterocycles. The van der Waals surface area contributed by atoms with Crippen molar-refractivity contribution in [2.45, 2.75) is 71.4 Å². The Morgan fingerprint density at radius 1 is 1.06 bits per heavy atom. The largest absolute Gasteiger partial charge is 0.458 e. The highest BCUT2D eigenvalue weighted by Gasteiger charge is 2.52. The standard InChI is InChI=1S/C39H45N7O5S/c1-4-5-20-41-39(50)46(26(2)3)44-24-34(47)45-31(37(49)43(23-33(44)45)22-30-12-9-13-32-36(30)42-38(40)52-32)21-28-16-14-27(15-17-28)18-19-35(48)51-25-29-10-7-6-8-11-29/h6-19,26,31,33H,4-5,20-25H2,1-3H3,(H2,40,42)(H,41,50)/b19-18-/t31-,33+/m0/s1. The number of esters is 1. The van der Waals surface area contributed by atoms with Crippen LogP contribution in [0, 0.1) is 0 Å². The van der Waals surface area contributed by atoms with Gasteiger partial charge in [-0.1, -0.05) is 91.4 Å². The number of fused-ring (bicyclic) bond motifs is 2. The molecule has 3 heterocycles. The molecule has 0 aliphatic carbocycles.